The molecule has 0 unspecified atom stereocenters. The van der Waals surface area contributed by atoms with Gasteiger partial charge in [0.05, 0.1) is 0 Å². The quantitative estimate of drug-likeness (QED) is 0.178. The van der Waals surface area contributed by atoms with E-state index in [9.17, 15) is 0 Å². The molecule has 0 heterocycles. The van der Waals surface area contributed by atoms with Crippen LogP contribution in [0.2, 0.25) is 13.1 Å². The van der Waals surface area contributed by atoms with Crippen molar-refractivity contribution < 1.29 is 20.8 Å². The molecule has 4 rings (SSSR count). The standard InChI is InChI=1S/2C10H9.C2H6Si.2ClH.Zr/c2*1-8-6-9-4-2-3-5-10(9)7-8;1-3-2;;;/h2*2-7H,1H3;1-2H3;2*1H;/q2*-1;;;;+4/p-2. The SMILES string of the molecule is C[Si]C.Cc1cc2ccccc2[cH-]1.Cc1cc2ccccc2[cH-]1.[Cl][Zr+2][Cl]. The third kappa shape index (κ3) is 8.35. The van der Waals surface area contributed by atoms with E-state index in [2.05, 4.69) is 99.7 Å². The third-order valence-electron chi connectivity index (χ3n) is 3.52. The Morgan fingerprint density at radius 1 is 0.731 bits per heavy atom. The molecule has 0 N–H and O–H groups in total. The number of benzene rings is 2. The molecule has 4 aromatic rings. The Morgan fingerprint density at radius 3 is 1.35 bits per heavy atom. The van der Waals surface area contributed by atoms with Gasteiger partial charge in [0.15, 0.2) is 0 Å². The van der Waals surface area contributed by atoms with E-state index >= 15 is 0 Å². The molecule has 0 amide bonds. The average Bonchev–Trinajstić information content (AvgIpc) is 3.17. The molecule has 0 aliphatic rings. The fraction of sp³-hybridized carbons (Fsp3) is 0.182. The van der Waals surface area contributed by atoms with Crippen LogP contribution in [0.1, 0.15) is 11.1 Å². The Morgan fingerprint density at radius 2 is 1.04 bits per heavy atom. The molecule has 0 aliphatic heterocycles. The van der Waals surface area contributed by atoms with Crippen LogP contribution < -0.4 is 0 Å². The van der Waals surface area contributed by atoms with Gasteiger partial charge in [-0.3, -0.25) is 0 Å². The predicted molar refractivity (Wildman–Crippen MR) is 118 cm³/mol. The topological polar surface area (TPSA) is 0 Å². The third-order valence-corrected chi connectivity index (χ3v) is 3.52. The fourth-order valence-electron chi connectivity index (χ4n) is 2.61. The molecule has 134 valence electrons. The zero-order valence-corrected chi connectivity index (χ0v) is 20.7. The molecule has 0 atom stereocenters. The van der Waals surface area contributed by atoms with Gasteiger partial charge in [0.1, 0.15) is 0 Å². The van der Waals surface area contributed by atoms with Crippen LogP contribution in [0.15, 0.2) is 72.8 Å². The first-order chi connectivity index (χ1) is 12.5. The zero-order valence-electron chi connectivity index (χ0n) is 15.7. The van der Waals surface area contributed by atoms with E-state index in [-0.39, 0.29) is 0 Å². The van der Waals surface area contributed by atoms with Crippen LogP contribution in [0.25, 0.3) is 21.5 Å². The van der Waals surface area contributed by atoms with Gasteiger partial charge >= 0.3 is 37.9 Å². The summed E-state index contributed by atoms with van der Waals surface area (Å²) >= 11 is -0.826. The molecule has 0 fully saturated rings. The van der Waals surface area contributed by atoms with Gasteiger partial charge in [-0.05, 0) is 0 Å². The first kappa shape index (κ1) is 23.4. The zero-order chi connectivity index (χ0) is 19.4. The number of hydrogen-bond donors (Lipinski definition) is 0. The number of rotatable bonds is 0. The van der Waals surface area contributed by atoms with Crippen LogP contribution in [0.3, 0.4) is 0 Å². The van der Waals surface area contributed by atoms with Gasteiger partial charge in [-0.25, -0.2) is 0 Å². The molecule has 4 heteroatoms. The molecule has 2 radical (unpaired) electrons. The first-order valence-electron chi connectivity index (χ1n) is 8.34. The van der Waals surface area contributed by atoms with Crippen molar-refractivity contribution in [3.8, 4) is 0 Å². The van der Waals surface area contributed by atoms with Crippen molar-refractivity contribution in [2.75, 3.05) is 0 Å². The van der Waals surface area contributed by atoms with Crippen molar-refractivity contribution in [3.05, 3.63) is 83.9 Å². The summed E-state index contributed by atoms with van der Waals surface area (Å²) in [5.41, 5.74) is 2.70. The summed E-state index contributed by atoms with van der Waals surface area (Å²) in [6, 6.07) is 25.7. The van der Waals surface area contributed by atoms with E-state index in [0.717, 1.165) is 9.52 Å². The monoisotopic (exact) mass is 476 g/mol. The van der Waals surface area contributed by atoms with E-state index in [1.807, 2.05) is 0 Å². The maximum absolute atomic E-state index is 4.93. The van der Waals surface area contributed by atoms with Gasteiger partial charge in [0, 0.05) is 9.52 Å². The normalized spacial score (nSPS) is 9.15. The van der Waals surface area contributed by atoms with E-state index in [1.165, 1.54) is 32.7 Å². The van der Waals surface area contributed by atoms with Gasteiger partial charge in [-0.15, -0.1) is 81.2 Å². The van der Waals surface area contributed by atoms with E-state index in [1.54, 1.807) is 0 Å². The summed E-state index contributed by atoms with van der Waals surface area (Å²) in [7, 11) is 11.0. The number of halogens is 2. The molecular weight excluding hydrogens is 454 g/mol. The Labute approximate surface area is 178 Å². The van der Waals surface area contributed by atoms with Gasteiger partial charge in [0.2, 0.25) is 0 Å². The van der Waals surface area contributed by atoms with E-state index < -0.39 is 20.8 Å². The minimum atomic E-state index is -0.826. The predicted octanol–water partition coefficient (Wildman–Crippen LogP) is 7.90. The van der Waals surface area contributed by atoms with Gasteiger partial charge in [-0.1, -0.05) is 39.1 Å². The minimum absolute atomic E-state index is 0.826. The molecule has 0 bridgehead atoms. The molecule has 0 aliphatic carbocycles. The second kappa shape index (κ2) is 13.5. The van der Waals surface area contributed by atoms with Crippen LogP contribution in [0.5, 0.6) is 0 Å². The molecule has 26 heavy (non-hydrogen) atoms. The fourth-order valence-corrected chi connectivity index (χ4v) is 2.61. The van der Waals surface area contributed by atoms with E-state index in [4.69, 9.17) is 17.0 Å². The maximum atomic E-state index is 4.93. The van der Waals surface area contributed by atoms with Gasteiger partial charge < -0.3 is 0 Å². The summed E-state index contributed by atoms with van der Waals surface area (Å²) in [6.07, 6.45) is 0. The molecule has 0 nitrogen and oxygen atoms in total. The van der Waals surface area contributed by atoms with Crippen LogP contribution in [0, 0.1) is 13.8 Å². The van der Waals surface area contributed by atoms with Crippen molar-refractivity contribution in [2.45, 2.75) is 26.9 Å². The van der Waals surface area contributed by atoms with Crippen molar-refractivity contribution in [2.24, 2.45) is 0 Å². The van der Waals surface area contributed by atoms with Crippen LogP contribution in [-0.4, -0.2) is 9.52 Å². The second-order valence-corrected chi connectivity index (χ2v) is 10.6. The second-order valence-electron chi connectivity index (χ2n) is 5.89. The molecule has 0 saturated carbocycles. The molecule has 0 aromatic heterocycles. The van der Waals surface area contributed by atoms with Crippen LogP contribution in [0.4, 0.5) is 0 Å². The van der Waals surface area contributed by atoms with Crippen molar-refractivity contribution in [1.29, 1.82) is 0 Å². The van der Waals surface area contributed by atoms with Crippen LogP contribution >= 0.6 is 17.0 Å². The van der Waals surface area contributed by atoms with Gasteiger partial charge in [0.25, 0.3) is 0 Å². The number of hydrogen-bond acceptors (Lipinski definition) is 0. The summed E-state index contributed by atoms with van der Waals surface area (Å²) in [6.45, 7) is 8.56. The summed E-state index contributed by atoms with van der Waals surface area (Å²) < 4.78 is 0. The number of fused-ring (bicyclic) bond motifs is 2. The van der Waals surface area contributed by atoms with Gasteiger partial charge in [-0.2, -0.15) is 12.1 Å². The van der Waals surface area contributed by atoms with Crippen LogP contribution in [-0.2, 0) is 20.8 Å². The molecular formula is C22H24Cl2SiZr. The Bertz CT molecular complexity index is 740. The molecule has 4 aromatic carbocycles. The summed E-state index contributed by atoms with van der Waals surface area (Å²) in [5.74, 6) is 0. The summed E-state index contributed by atoms with van der Waals surface area (Å²) in [5, 5.41) is 5.39. The average molecular weight is 479 g/mol. The first-order valence-corrected chi connectivity index (χ1v) is 16.7. The summed E-state index contributed by atoms with van der Waals surface area (Å²) in [4.78, 5) is 0. The van der Waals surface area contributed by atoms with Crippen molar-refractivity contribution in [1.82, 2.24) is 0 Å². The van der Waals surface area contributed by atoms with Crippen molar-refractivity contribution in [3.63, 3.8) is 0 Å². The Hall–Kier alpha value is -0.660. The Balaban J connectivity index is 0.000000201. The van der Waals surface area contributed by atoms with Crippen molar-refractivity contribution >= 4 is 48.1 Å². The van der Waals surface area contributed by atoms with E-state index in [0.29, 0.717) is 0 Å². The number of aryl methyl sites for hydroxylation is 2. The Kier molecular flexibility index (Phi) is 12.1. The molecule has 0 saturated heterocycles. The molecule has 0 spiro atoms.